The molecule has 5 atom stereocenters. The lowest BCUT2D eigenvalue weighted by Crippen LogP contribution is -2.55. The first-order valence-electron chi connectivity index (χ1n) is 11.6. The maximum Gasteiger partial charge on any atom is 0.253 e. The predicted octanol–water partition coefficient (Wildman–Crippen LogP) is 1.62. The summed E-state index contributed by atoms with van der Waals surface area (Å²) in [6.45, 7) is 1.07. The highest BCUT2D eigenvalue weighted by molar-refractivity contribution is 6.30. The molecule has 1 N–H and O–H groups in total. The van der Waals surface area contributed by atoms with E-state index >= 15 is 0 Å². The lowest BCUT2D eigenvalue weighted by atomic mass is 9.77. The second kappa shape index (κ2) is 8.83. The van der Waals surface area contributed by atoms with Crippen LogP contribution in [0.3, 0.4) is 0 Å². The van der Waals surface area contributed by atoms with Gasteiger partial charge in [0.2, 0.25) is 11.8 Å². The Kier molecular flexibility index (Phi) is 6.00. The Hall–Kier alpha value is -2.68. The molecule has 34 heavy (non-hydrogen) atoms. The monoisotopic (exact) mass is 485 g/mol. The molecule has 1 aromatic rings. The van der Waals surface area contributed by atoms with Crippen LogP contribution in [0, 0.1) is 11.8 Å². The quantitative estimate of drug-likeness (QED) is 0.505. The van der Waals surface area contributed by atoms with E-state index in [9.17, 15) is 19.5 Å². The molecule has 8 nitrogen and oxygen atoms in total. The third-order valence-corrected chi connectivity index (χ3v) is 7.56. The van der Waals surface area contributed by atoms with E-state index in [0.29, 0.717) is 43.2 Å². The molecule has 2 fully saturated rings. The van der Waals surface area contributed by atoms with E-state index in [-0.39, 0.29) is 24.3 Å². The zero-order chi connectivity index (χ0) is 24.0. The molecule has 0 aromatic heterocycles. The SMILES string of the molecule is CN1CC=C[C@H]2O[C@]34C=CCN(c5ccc(Cl)cc5)C(=O)C3N(CCCCO)C(=O)[C@@H]4[C@H]2C1=O. The highest BCUT2D eigenvalue weighted by atomic mass is 35.5. The Morgan fingerprint density at radius 3 is 2.56 bits per heavy atom. The van der Waals surface area contributed by atoms with Gasteiger partial charge in [0.25, 0.3) is 5.91 Å². The van der Waals surface area contributed by atoms with Gasteiger partial charge < -0.3 is 24.5 Å². The van der Waals surface area contributed by atoms with Crippen molar-refractivity contribution in [3.63, 3.8) is 0 Å². The molecule has 4 aliphatic rings. The summed E-state index contributed by atoms with van der Waals surface area (Å²) in [6, 6.07) is 6.09. The van der Waals surface area contributed by atoms with E-state index in [1.54, 1.807) is 46.0 Å². The maximum atomic E-state index is 14.1. The number of ether oxygens (including phenoxy) is 1. The fraction of sp³-hybridized carbons (Fsp3) is 0.480. The number of likely N-dealkylation sites (tertiary alicyclic amines) is 1. The first kappa shape index (κ1) is 23.1. The molecule has 0 saturated carbocycles. The average molecular weight is 486 g/mol. The summed E-state index contributed by atoms with van der Waals surface area (Å²) in [6.07, 6.45) is 7.88. The van der Waals surface area contributed by atoms with Gasteiger partial charge in [-0.2, -0.15) is 0 Å². The van der Waals surface area contributed by atoms with Gasteiger partial charge >= 0.3 is 0 Å². The number of aliphatic hydroxyl groups is 1. The molecule has 2 saturated heterocycles. The van der Waals surface area contributed by atoms with Gasteiger partial charge in [-0.15, -0.1) is 0 Å². The van der Waals surface area contributed by atoms with Crippen molar-refractivity contribution in [3.05, 3.63) is 53.6 Å². The summed E-state index contributed by atoms with van der Waals surface area (Å²) in [5, 5.41) is 9.84. The summed E-state index contributed by atoms with van der Waals surface area (Å²) in [5.74, 6) is -2.14. The highest BCUT2D eigenvalue weighted by Gasteiger charge is 2.71. The minimum atomic E-state index is -1.23. The van der Waals surface area contributed by atoms with Crippen LogP contribution < -0.4 is 4.90 Å². The summed E-state index contributed by atoms with van der Waals surface area (Å²) in [7, 11) is 1.71. The van der Waals surface area contributed by atoms with Crippen LogP contribution in [0.2, 0.25) is 5.02 Å². The van der Waals surface area contributed by atoms with Crippen LogP contribution in [0.5, 0.6) is 0 Å². The lowest BCUT2D eigenvalue weighted by molar-refractivity contribution is -0.143. The minimum Gasteiger partial charge on any atom is -0.396 e. The molecule has 1 aromatic carbocycles. The number of unbranched alkanes of at least 4 members (excludes halogenated alkanes) is 1. The number of rotatable bonds is 5. The van der Waals surface area contributed by atoms with Crippen molar-refractivity contribution in [1.82, 2.24) is 9.80 Å². The number of aliphatic hydroxyl groups excluding tert-OH is 1. The smallest absolute Gasteiger partial charge is 0.253 e. The van der Waals surface area contributed by atoms with Gasteiger partial charge in [0.1, 0.15) is 11.6 Å². The van der Waals surface area contributed by atoms with Crippen LogP contribution in [0.15, 0.2) is 48.6 Å². The van der Waals surface area contributed by atoms with E-state index in [2.05, 4.69) is 0 Å². The number of anilines is 1. The number of hydrogen-bond donors (Lipinski definition) is 1. The topological polar surface area (TPSA) is 90.4 Å². The maximum absolute atomic E-state index is 14.1. The first-order chi connectivity index (χ1) is 16.4. The number of hydrogen-bond acceptors (Lipinski definition) is 5. The molecule has 0 aliphatic carbocycles. The van der Waals surface area contributed by atoms with Gasteiger partial charge in [-0.3, -0.25) is 14.4 Å². The molecule has 3 amide bonds. The molecule has 180 valence electrons. The zero-order valence-corrected chi connectivity index (χ0v) is 19.7. The molecular weight excluding hydrogens is 458 g/mol. The highest BCUT2D eigenvalue weighted by Crippen LogP contribution is 2.53. The Morgan fingerprint density at radius 2 is 1.82 bits per heavy atom. The number of benzene rings is 1. The lowest BCUT2D eigenvalue weighted by Gasteiger charge is -2.35. The molecule has 4 aliphatic heterocycles. The van der Waals surface area contributed by atoms with E-state index in [4.69, 9.17) is 16.3 Å². The second-order valence-electron chi connectivity index (χ2n) is 9.28. The molecule has 5 rings (SSSR count). The third-order valence-electron chi connectivity index (χ3n) is 7.31. The second-order valence-corrected chi connectivity index (χ2v) is 9.72. The zero-order valence-electron chi connectivity index (χ0n) is 19.0. The standard InChI is InChI=1S/C25H28ClN3O5/c1-27-12-4-6-18-19(22(27)31)20-23(32)29(13-2-3-15-30)21-24(33)28(14-5-11-25(20,21)34-18)17-9-7-16(26)8-10-17/h4-11,18-21,30H,2-3,12-15H2,1H3/t18-,19+,20+,21?,25+/m1/s1. The van der Waals surface area contributed by atoms with Crippen molar-refractivity contribution in [2.24, 2.45) is 11.8 Å². The minimum absolute atomic E-state index is 0.00128. The van der Waals surface area contributed by atoms with Crippen LogP contribution in [0.4, 0.5) is 5.69 Å². The number of halogens is 1. The number of nitrogens with zero attached hydrogens (tertiary/aromatic N) is 3. The van der Waals surface area contributed by atoms with Crippen molar-refractivity contribution in [1.29, 1.82) is 0 Å². The predicted molar refractivity (Wildman–Crippen MR) is 126 cm³/mol. The Morgan fingerprint density at radius 1 is 1.06 bits per heavy atom. The fourth-order valence-electron chi connectivity index (χ4n) is 5.75. The summed E-state index contributed by atoms with van der Waals surface area (Å²) in [4.78, 5) is 46.1. The number of fused-ring (bicyclic) bond motifs is 2. The summed E-state index contributed by atoms with van der Waals surface area (Å²) >= 11 is 6.05. The van der Waals surface area contributed by atoms with Gasteiger partial charge in [-0.05, 0) is 37.1 Å². The van der Waals surface area contributed by atoms with E-state index in [1.807, 2.05) is 24.3 Å². The van der Waals surface area contributed by atoms with Crippen LogP contribution in [0.25, 0.3) is 0 Å². The van der Waals surface area contributed by atoms with Crippen LogP contribution in [-0.4, -0.2) is 83.7 Å². The number of carbonyl (C=O) groups is 3. The van der Waals surface area contributed by atoms with Crippen molar-refractivity contribution in [2.45, 2.75) is 30.6 Å². The fourth-order valence-corrected chi connectivity index (χ4v) is 5.88. The number of amides is 3. The Balaban J connectivity index is 1.59. The summed E-state index contributed by atoms with van der Waals surface area (Å²) < 4.78 is 6.54. The molecule has 1 spiro atoms. The summed E-state index contributed by atoms with van der Waals surface area (Å²) in [5.41, 5.74) is -0.563. The van der Waals surface area contributed by atoms with Crippen molar-refractivity contribution in [3.8, 4) is 0 Å². The number of likely N-dealkylation sites (N-methyl/N-ethyl adjacent to an activating group) is 1. The molecular formula is C25H28ClN3O5. The van der Waals surface area contributed by atoms with Gasteiger partial charge in [-0.25, -0.2) is 0 Å². The van der Waals surface area contributed by atoms with Crippen LogP contribution >= 0.6 is 11.6 Å². The van der Waals surface area contributed by atoms with Crippen molar-refractivity contribution >= 4 is 35.0 Å². The van der Waals surface area contributed by atoms with Crippen molar-refractivity contribution < 1.29 is 24.2 Å². The first-order valence-corrected chi connectivity index (χ1v) is 12.0. The van der Waals surface area contributed by atoms with E-state index in [1.165, 1.54) is 0 Å². The molecule has 1 unspecified atom stereocenters. The molecule has 9 heteroatoms. The third kappa shape index (κ3) is 3.47. The van der Waals surface area contributed by atoms with Gasteiger partial charge in [-0.1, -0.05) is 35.9 Å². The van der Waals surface area contributed by atoms with Gasteiger partial charge in [0.05, 0.1) is 17.9 Å². The van der Waals surface area contributed by atoms with Crippen LogP contribution in [-0.2, 0) is 19.1 Å². The average Bonchev–Trinajstić information content (AvgIpc) is 3.14. The van der Waals surface area contributed by atoms with Crippen molar-refractivity contribution in [2.75, 3.05) is 38.2 Å². The van der Waals surface area contributed by atoms with E-state index < -0.39 is 29.6 Å². The molecule has 4 heterocycles. The van der Waals surface area contributed by atoms with Crippen LogP contribution in [0.1, 0.15) is 12.8 Å². The largest absolute Gasteiger partial charge is 0.396 e. The Bertz CT molecular complexity index is 1060. The van der Waals surface area contributed by atoms with E-state index in [0.717, 1.165) is 0 Å². The molecule has 0 bridgehead atoms. The Labute approximate surface area is 203 Å². The van der Waals surface area contributed by atoms with Gasteiger partial charge in [0.15, 0.2) is 0 Å². The molecule has 0 radical (unpaired) electrons. The normalized spacial score (nSPS) is 32.6. The van der Waals surface area contributed by atoms with Gasteiger partial charge in [0, 0.05) is 44.0 Å². The number of carbonyl (C=O) groups excluding carboxylic acids is 3.